The van der Waals surface area contributed by atoms with Gasteiger partial charge < -0.3 is 5.32 Å². The molecule has 2 atom stereocenters. The molecule has 1 heteroatoms. The molecule has 1 saturated heterocycles. The second kappa shape index (κ2) is 6.05. The summed E-state index contributed by atoms with van der Waals surface area (Å²) in [6.45, 7) is 14.4. The van der Waals surface area contributed by atoms with Crippen molar-refractivity contribution in [2.45, 2.75) is 60.3 Å². The zero-order valence-electron chi connectivity index (χ0n) is 12.0. The Bertz CT molecular complexity index is 198. The van der Waals surface area contributed by atoms with Crippen molar-refractivity contribution in [1.29, 1.82) is 0 Å². The third-order valence-corrected chi connectivity index (χ3v) is 4.30. The van der Waals surface area contributed by atoms with Gasteiger partial charge in [0.2, 0.25) is 0 Å². The molecule has 0 aromatic carbocycles. The highest BCUT2D eigenvalue weighted by molar-refractivity contribution is 4.89. The monoisotopic (exact) mass is 225 g/mol. The van der Waals surface area contributed by atoms with Gasteiger partial charge in [0, 0.05) is 0 Å². The van der Waals surface area contributed by atoms with Gasteiger partial charge in [0.05, 0.1) is 0 Å². The average Bonchev–Trinajstić information content (AvgIpc) is 2.18. The molecule has 2 unspecified atom stereocenters. The molecule has 1 nitrogen and oxygen atoms in total. The average molecular weight is 225 g/mol. The highest BCUT2D eigenvalue weighted by Gasteiger charge is 2.36. The largest absolute Gasteiger partial charge is 0.316 e. The maximum atomic E-state index is 3.58. The molecular formula is C15H31N. The smallest absolute Gasteiger partial charge is 0.00152 e. The van der Waals surface area contributed by atoms with Crippen LogP contribution in [0.15, 0.2) is 0 Å². The summed E-state index contributed by atoms with van der Waals surface area (Å²) >= 11 is 0. The van der Waals surface area contributed by atoms with E-state index >= 15 is 0 Å². The molecule has 0 bridgehead atoms. The van der Waals surface area contributed by atoms with Gasteiger partial charge in [-0.15, -0.1) is 0 Å². The van der Waals surface area contributed by atoms with Crippen molar-refractivity contribution >= 4 is 0 Å². The van der Waals surface area contributed by atoms with Gasteiger partial charge in [-0.1, -0.05) is 41.0 Å². The standard InChI is InChI=1S/C15H31N/c1-12(2)6-7-15(5)8-9-16-11-14(15)10-13(3)4/h12-14,16H,6-11H2,1-5H3. The zero-order valence-corrected chi connectivity index (χ0v) is 12.0. The zero-order chi connectivity index (χ0) is 12.2. The molecule has 1 aliphatic rings. The Morgan fingerprint density at radius 2 is 1.88 bits per heavy atom. The van der Waals surface area contributed by atoms with Gasteiger partial charge in [-0.2, -0.15) is 0 Å². The lowest BCUT2D eigenvalue weighted by Crippen LogP contribution is -2.44. The fourth-order valence-electron chi connectivity index (χ4n) is 2.99. The Hall–Kier alpha value is -0.0400. The van der Waals surface area contributed by atoms with Crippen molar-refractivity contribution in [2.24, 2.45) is 23.2 Å². The lowest BCUT2D eigenvalue weighted by Gasteiger charge is -2.43. The first-order chi connectivity index (χ1) is 7.44. The molecule has 1 N–H and O–H groups in total. The van der Waals surface area contributed by atoms with E-state index in [0.717, 1.165) is 17.8 Å². The maximum absolute atomic E-state index is 3.58. The van der Waals surface area contributed by atoms with Crippen LogP contribution in [0.3, 0.4) is 0 Å². The molecule has 0 aromatic heterocycles. The van der Waals surface area contributed by atoms with Crippen LogP contribution in [-0.4, -0.2) is 13.1 Å². The summed E-state index contributed by atoms with van der Waals surface area (Å²) in [5.74, 6) is 2.58. The molecule has 0 amide bonds. The van der Waals surface area contributed by atoms with E-state index in [9.17, 15) is 0 Å². The van der Waals surface area contributed by atoms with Crippen molar-refractivity contribution in [3.8, 4) is 0 Å². The van der Waals surface area contributed by atoms with E-state index in [1.807, 2.05) is 0 Å². The van der Waals surface area contributed by atoms with Crippen molar-refractivity contribution in [3.63, 3.8) is 0 Å². The molecule has 96 valence electrons. The summed E-state index contributed by atoms with van der Waals surface area (Å²) in [5, 5.41) is 3.58. The van der Waals surface area contributed by atoms with Crippen LogP contribution < -0.4 is 5.32 Å². The second-order valence-corrected chi connectivity index (χ2v) is 6.87. The fraction of sp³-hybridized carbons (Fsp3) is 1.00. The third-order valence-electron chi connectivity index (χ3n) is 4.30. The number of nitrogens with one attached hydrogen (secondary N) is 1. The molecule has 0 saturated carbocycles. The van der Waals surface area contributed by atoms with Crippen molar-refractivity contribution in [3.05, 3.63) is 0 Å². The number of piperidine rings is 1. The molecule has 0 radical (unpaired) electrons. The van der Waals surface area contributed by atoms with Crippen LogP contribution in [0.25, 0.3) is 0 Å². The minimum Gasteiger partial charge on any atom is -0.316 e. The lowest BCUT2D eigenvalue weighted by molar-refractivity contribution is 0.0921. The number of hydrogen-bond donors (Lipinski definition) is 1. The summed E-state index contributed by atoms with van der Waals surface area (Å²) in [5.41, 5.74) is 0.597. The topological polar surface area (TPSA) is 12.0 Å². The minimum atomic E-state index is 0.597. The van der Waals surface area contributed by atoms with Crippen molar-refractivity contribution in [1.82, 2.24) is 5.32 Å². The predicted molar refractivity (Wildman–Crippen MR) is 72.6 cm³/mol. The Kier molecular flexibility index (Phi) is 5.30. The molecule has 0 aromatic rings. The van der Waals surface area contributed by atoms with Crippen LogP contribution >= 0.6 is 0 Å². The Morgan fingerprint density at radius 3 is 2.44 bits per heavy atom. The Labute approximate surface area is 102 Å². The summed E-state index contributed by atoms with van der Waals surface area (Å²) in [6, 6.07) is 0. The van der Waals surface area contributed by atoms with E-state index < -0.39 is 0 Å². The molecule has 1 heterocycles. The molecular weight excluding hydrogens is 194 g/mol. The third kappa shape index (κ3) is 4.08. The summed E-state index contributed by atoms with van der Waals surface area (Å²) in [6.07, 6.45) is 5.58. The van der Waals surface area contributed by atoms with Gasteiger partial charge in [-0.05, 0) is 55.5 Å². The Balaban J connectivity index is 2.56. The molecule has 1 fully saturated rings. The molecule has 0 aliphatic carbocycles. The molecule has 1 aliphatic heterocycles. The second-order valence-electron chi connectivity index (χ2n) is 6.87. The number of rotatable bonds is 5. The normalized spacial score (nSPS) is 31.3. The van der Waals surface area contributed by atoms with Crippen LogP contribution in [0.5, 0.6) is 0 Å². The first-order valence-corrected chi connectivity index (χ1v) is 7.15. The van der Waals surface area contributed by atoms with E-state index in [0.29, 0.717) is 5.41 Å². The highest BCUT2D eigenvalue weighted by Crippen LogP contribution is 2.41. The van der Waals surface area contributed by atoms with Crippen LogP contribution in [-0.2, 0) is 0 Å². The molecule has 1 rings (SSSR count). The number of hydrogen-bond acceptors (Lipinski definition) is 1. The summed E-state index contributed by atoms with van der Waals surface area (Å²) in [7, 11) is 0. The van der Waals surface area contributed by atoms with Crippen molar-refractivity contribution in [2.75, 3.05) is 13.1 Å². The van der Waals surface area contributed by atoms with Gasteiger partial charge in [0.15, 0.2) is 0 Å². The first-order valence-electron chi connectivity index (χ1n) is 7.15. The predicted octanol–water partition coefficient (Wildman–Crippen LogP) is 4.08. The highest BCUT2D eigenvalue weighted by atomic mass is 14.9. The van der Waals surface area contributed by atoms with Gasteiger partial charge in [-0.3, -0.25) is 0 Å². The van der Waals surface area contributed by atoms with Crippen LogP contribution in [0.4, 0.5) is 0 Å². The fourth-order valence-corrected chi connectivity index (χ4v) is 2.99. The van der Waals surface area contributed by atoms with Gasteiger partial charge in [0.1, 0.15) is 0 Å². The minimum absolute atomic E-state index is 0.597. The van der Waals surface area contributed by atoms with E-state index in [1.54, 1.807) is 0 Å². The van der Waals surface area contributed by atoms with E-state index in [2.05, 4.69) is 39.9 Å². The summed E-state index contributed by atoms with van der Waals surface area (Å²) < 4.78 is 0. The van der Waals surface area contributed by atoms with Crippen LogP contribution in [0.1, 0.15) is 60.3 Å². The molecule has 16 heavy (non-hydrogen) atoms. The van der Waals surface area contributed by atoms with Crippen LogP contribution in [0, 0.1) is 23.2 Å². The van der Waals surface area contributed by atoms with Gasteiger partial charge >= 0.3 is 0 Å². The quantitative estimate of drug-likeness (QED) is 0.743. The van der Waals surface area contributed by atoms with Crippen molar-refractivity contribution < 1.29 is 0 Å². The van der Waals surface area contributed by atoms with E-state index in [4.69, 9.17) is 0 Å². The van der Waals surface area contributed by atoms with Gasteiger partial charge in [-0.25, -0.2) is 0 Å². The molecule has 0 spiro atoms. The van der Waals surface area contributed by atoms with E-state index in [-0.39, 0.29) is 0 Å². The van der Waals surface area contributed by atoms with Crippen LogP contribution in [0.2, 0.25) is 0 Å². The van der Waals surface area contributed by atoms with Gasteiger partial charge in [0.25, 0.3) is 0 Å². The van der Waals surface area contributed by atoms with E-state index in [1.165, 1.54) is 38.8 Å². The SMILES string of the molecule is CC(C)CCC1(C)CCNCC1CC(C)C. The first kappa shape index (κ1) is 14.0. The lowest BCUT2D eigenvalue weighted by atomic mass is 9.66. The maximum Gasteiger partial charge on any atom is -0.00152 e. The Morgan fingerprint density at radius 1 is 1.19 bits per heavy atom. The summed E-state index contributed by atoms with van der Waals surface area (Å²) in [4.78, 5) is 0.